The SMILES string of the molecule is CCOc1cc2ncc(C(N)=O)c(Nc3cc(Cl)ccc3C)c2cc1N1CCN(C)CC1. The highest BCUT2D eigenvalue weighted by molar-refractivity contribution is 6.31. The molecule has 0 radical (unpaired) electrons. The highest BCUT2D eigenvalue weighted by Gasteiger charge is 2.22. The molecule has 1 saturated heterocycles. The van der Waals surface area contributed by atoms with Crippen LogP contribution >= 0.6 is 11.6 Å². The van der Waals surface area contributed by atoms with Gasteiger partial charge >= 0.3 is 0 Å². The van der Waals surface area contributed by atoms with Gasteiger partial charge in [-0.1, -0.05) is 17.7 Å². The first-order valence-electron chi connectivity index (χ1n) is 10.7. The Bertz CT molecular complexity index is 1160. The number of hydrogen-bond acceptors (Lipinski definition) is 6. The Balaban J connectivity index is 1.90. The molecule has 168 valence electrons. The van der Waals surface area contributed by atoms with E-state index in [1.54, 1.807) is 0 Å². The van der Waals surface area contributed by atoms with Gasteiger partial charge < -0.3 is 25.6 Å². The van der Waals surface area contributed by atoms with Crippen molar-refractivity contribution in [2.75, 3.05) is 50.1 Å². The molecule has 1 aliphatic heterocycles. The number of aryl methyl sites for hydroxylation is 1. The van der Waals surface area contributed by atoms with Gasteiger partial charge in [-0.2, -0.15) is 0 Å². The summed E-state index contributed by atoms with van der Waals surface area (Å²) in [4.78, 5) is 21.4. The summed E-state index contributed by atoms with van der Waals surface area (Å²) >= 11 is 6.23. The van der Waals surface area contributed by atoms with Gasteiger partial charge in [0.05, 0.1) is 29.1 Å². The minimum absolute atomic E-state index is 0.324. The first-order chi connectivity index (χ1) is 15.4. The number of benzene rings is 2. The van der Waals surface area contributed by atoms with Crippen molar-refractivity contribution in [3.63, 3.8) is 0 Å². The van der Waals surface area contributed by atoms with Gasteiger partial charge in [-0.15, -0.1) is 0 Å². The predicted octanol–water partition coefficient (Wildman–Crippen LogP) is 4.19. The predicted molar refractivity (Wildman–Crippen MR) is 131 cm³/mol. The summed E-state index contributed by atoms with van der Waals surface area (Å²) in [5.41, 5.74) is 10.2. The summed E-state index contributed by atoms with van der Waals surface area (Å²) in [5, 5.41) is 4.81. The molecule has 0 aliphatic carbocycles. The number of nitrogens with one attached hydrogen (secondary N) is 1. The molecule has 0 atom stereocenters. The van der Waals surface area contributed by atoms with Crippen LogP contribution in [0.15, 0.2) is 36.5 Å². The Morgan fingerprint density at radius 2 is 1.97 bits per heavy atom. The van der Waals surface area contributed by atoms with Crippen molar-refractivity contribution in [3.8, 4) is 5.75 Å². The Kier molecular flexibility index (Phi) is 6.39. The number of rotatable bonds is 6. The van der Waals surface area contributed by atoms with E-state index >= 15 is 0 Å². The topological polar surface area (TPSA) is 83.7 Å². The van der Waals surface area contributed by atoms with Crippen molar-refractivity contribution in [3.05, 3.63) is 52.7 Å². The zero-order chi connectivity index (χ0) is 22.8. The van der Waals surface area contributed by atoms with E-state index in [1.807, 2.05) is 44.2 Å². The third kappa shape index (κ3) is 4.45. The number of pyridine rings is 1. The third-order valence-electron chi connectivity index (χ3n) is 5.82. The summed E-state index contributed by atoms with van der Waals surface area (Å²) in [6.45, 7) is 8.22. The van der Waals surface area contributed by atoms with E-state index in [-0.39, 0.29) is 0 Å². The fourth-order valence-electron chi connectivity index (χ4n) is 3.96. The zero-order valence-electron chi connectivity index (χ0n) is 18.6. The number of fused-ring (bicyclic) bond motifs is 1. The number of piperazine rings is 1. The number of halogens is 1. The molecule has 1 amide bonds. The van der Waals surface area contributed by atoms with E-state index in [2.05, 4.69) is 27.1 Å². The number of likely N-dealkylation sites (N-methyl/N-ethyl adjacent to an activating group) is 1. The molecule has 1 aliphatic rings. The number of nitrogens with two attached hydrogens (primary N) is 1. The molecule has 4 rings (SSSR count). The van der Waals surface area contributed by atoms with Crippen LogP contribution in [0.4, 0.5) is 17.1 Å². The molecule has 1 fully saturated rings. The molecule has 0 bridgehead atoms. The largest absolute Gasteiger partial charge is 0.492 e. The molecular formula is C24H28ClN5O2. The van der Waals surface area contributed by atoms with E-state index in [1.165, 1.54) is 6.20 Å². The molecule has 7 nitrogen and oxygen atoms in total. The number of carbonyl (C=O) groups is 1. The number of ether oxygens (including phenoxy) is 1. The van der Waals surface area contributed by atoms with Gasteiger partial charge in [0.15, 0.2) is 0 Å². The first-order valence-corrected chi connectivity index (χ1v) is 11.1. The molecule has 2 heterocycles. The van der Waals surface area contributed by atoms with Gasteiger partial charge in [-0.25, -0.2) is 0 Å². The van der Waals surface area contributed by atoms with E-state index in [0.717, 1.165) is 59.8 Å². The van der Waals surface area contributed by atoms with Crippen molar-refractivity contribution >= 4 is 45.5 Å². The highest BCUT2D eigenvalue weighted by Crippen LogP contribution is 2.39. The number of anilines is 3. The van der Waals surface area contributed by atoms with Crippen LogP contribution in [0.3, 0.4) is 0 Å². The van der Waals surface area contributed by atoms with Crippen molar-refractivity contribution in [2.24, 2.45) is 5.73 Å². The van der Waals surface area contributed by atoms with Crippen LogP contribution in [0.5, 0.6) is 5.75 Å². The van der Waals surface area contributed by atoms with Crippen LogP contribution in [0.1, 0.15) is 22.8 Å². The lowest BCUT2D eigenvalue weighted by Gasteiger charge is -2.35. The molecule has 0 spiro atoms. The molecule has 8 heteroatoms. The third-order valence-corrected chi connectivity index (χ3v) is 6.05. The molecule has 3 N–H and O–H groups in total. The highest BCUT2D eigenvalue weighted by atomic mass is 35.5. The number of hydrogen-bond donors (Lipinski definition) is 2. The number of carbonyl (C=O) groups excluding carboxylic acids is 1. The van der Waals surface area contributed by atoms with Gasteiger partial charge in [-0.3, -0.25) is 9.78 Å². The van der Waals surface area contributed by atoms with Gasteiger partial charge in [0.2, 0.25) is 0 Å². The minimum atomic E-state index is -0.545. The van der Waals surface area contributed by atoms with Crippen LogP contribution in [0, 0.1) is 6.92 Å². The molecule has 1 aromatic heterocycles. The number of nitrogens with zero attached hydrogens (tertiary/aromatic N) is 3. The Morgan fingerprint density at radius 1 is 1.22 bits per heavy atom. The molecule has 3 aromatic rings. The fourth-order valence-corrected chi connectivity index (χ4v) is 4.13. The van der Waals surface area contributed by atoms with Crippen LogP contribution in [0.2, 0.25) is 5.02 Å². The summed E-state index contributed by atoms with van der Waals surface area (Å²) in [6.07, 6.45) is 1.51. The van der Waals surface area contributed by atoms with Gasteiger partial charge in [-0.05, 0) is 44.7 Å². The summed E-state index contributed by atoms with van der Waals surface area (Å²) in [7, 11) is 2.12. The maximum atomic E-state index is 12.3. The lowest BCUT2D eigenvalue weighted by atomic mass is 10.1. The zero-order valence-corrected chi connectivity index (χ0v) is 19.4. The number of primary amides is 1. The Hall–Kier alpha value is -3.03. The number of aromatic nitrogens is 1. The molecule has 0 unspecified atom stereocenters. The Labute approximate surface area is 193 Å². The van der Waals surface area contributed by atoms with E-state index < -0.39 is 5.91 Å². The fraction of sp³-hybridized carbons (Fsp3) is 0.333. The van der Waals surface area contributed by atoms with Crippen LogP contribution in [-0.4, -0.2) is 55.6 Å². The summed E-state index contributed by atoms with van der Waals surface area (Å²) < 4.78 is 5.97. The van der Waals surface area contributed by atoms with Gasteiger partial charge in [0.25, 0.3) is 5.91 Å². The summed E-state index contributed by atoms with van der Waals surface area (Å²) in [6, 6.07) is 9.59. The van der Waals surface area contributed by atoms with E-state index in [0.29, 0.717) is 22.9 Å². The van der Waals surface area contributed by atoms with Gasteiger partial charge in [0.1, 0.15) is 5.75 Å². The van der Waals surface area contributed by atoms with Crippen molar-refractivity contribution in [2.45, 2.75) is 13.8 Å². The molecule has 0 saturated carbocycles. The van der Waals surface area contributed by atoms with Crippen molar-refractivity contribution in [1.29, 1.82) is 0 Å². The normalized spacial score (nSPS) is 14.6. The Morgan fingerprint density at radius 3 is 2.66 bits per heavy atom. The minimum Gasteiger partial charge on any atom is -0.492 e. The second kappa shape index (κ2) is 9.22. The lowest BCUT2D eigenvalue weighted by molar-refractivity contribution is 0.100. The lowest BCUT2D eigenvalue weighted by Crippen LogP contribution is -2.44. The first kappa shape index (κ1) is 22.2. The standard InChI is InChI=1S/C24H28ClN5O2/c1-4-32-22-13-20-17(12-21(22)30-9-7-29(3)8-10-30)23(18(14-27-20)24(26)31)28-19-11-16(25)6-5-15(19)2/h5-6,11-14H,4,7-10H2,1-3H3,(H2,26,31)(H,27,28). The van der Waals surface area contributed by atoms with Crippen LogP contribution in [0.25, 0.3) is 10.9 Å². The van der Waals surface area contributed by atoms with Crippen molar-refractivity contribution in [1.82, 2.24) is 9.88 Å². The monoisotopic (exact) mass is 453 g/mol. The van der Waals surface area contributed by atoms with E-state index in [9.17, 15) is 4.79 Å². The molecular weight excluding hydrogens is 426 g/mol. The van der Waals surface area contributed by atoms with Crippen molar-refractivity contribution < 1.29 is 9.53 Å². The second-order valence-electron chi connectivity index (χ2n) is 8.06. The smallest absolute Gasteiger partial charge is 0.252 e. The van der Waals surface area contributed by atoms with E-state index in [4.69, 9.17) is 22.1 Å². The quantitative estimate of drug-likeness (QED) is 0.582. The average Bonchev–Trinajstić information content (AvgIpc) is 2.76. The molecule has 2 aromatic carbocycles. The maximum absolute atomic E-state index is 12.3. The van der Waals surface area contributed by atoms with Gasteiger partial charge in [0, 0.05) is 54.5 Å². The average molecular weight is 454 g/mol. The molecule has 32 heavy (non-hydrogen) atoms. The second-order valence-corrected chi connectivity index (χ2v) is 8.49. The van der Waals surface area contributed by atoms with Crippen LogP contribution < -0.4 is 20.7 Å². The number of amides is 1. The van der Waals surface area contributed by atoms with Crippen LogP contribution in [-0.2, 0) is 0 Å². The maximum Gasteiger partial charge on any atom is 0.252 e. The summed E-state index contributed by atoms with van der Waals surface area (Å²) in [5.74, 6) is 0.241.